The molecule has 0 atom stereocenters. The van der Waals surface area contributed by atoms with Crippen LogP contribution in [0.4, 0.5) is 0 Å². The Morgan fingerprint density at radius 2 is 1.92 bits per heavy atom. The van der Waals surface area contributed by atoms with Crippen molar-refractivity contribution in [2.75, 3.05) is 0 Å². The summed E-state index contributed by atoms with van der Waals surface area (Å²) in [6.45, 7) is 1.55. The molecule has 1 aromatic carbocycles. The van der Waals surface area contributed by atoms with Crippen LogP contribution in [0.15, 0.2) is 36.5 Å². The minimum Gasteiger partial charge on any atom is -0.300 e. The number of aryl methyl sites for hydroxylation is 2. The van der Waals surface area contributed by atoms with Gasteiger partial charge in [-0.2, -0.15) is 5.10 Å². The summed E-state index contributed by atoms with van der Waals surface area (Å²) < 4.78 is 1.69. The molecule has 6 heteroatoms. The topological polar surface area (TPSA) is 77.7 Å². The van der Waals surface area contributed by atoms with E-state index < -0.39 is 0 Å². The van der Waals surface area contributed by atoms with E-state index in [4.69, 9.17) is 0 Å². The third kappa shape index (κ3) is 3.53. The van der Waals surface area contributed by atoms with E-state index in [-0.39, 0.29) is 11.6 Å². The van der Waals surface area contributed by atoms with Crippen LogP contribution in [0.2, 0.25) is 0 Å². The van der Waals surface area contributed by atoms with E-state index in [1.54, 1.807) is 18.7 Å². The summed E-state index contributed by atoms with van der Waals surface area (Å²) in [4.78, 5) is 32.2. The fraction of sp³-hybridized carbons (Fsp3) is 0.278. The van der Waals surface area contributed by atoms with Crippen molar-refractivity contribution in [1.29, 1.82) is 0 Å². The number of fused-ring (bicyclic) bond motifs is 1. The molecule has 0 spiro atoms. The van der Waals surface area contributed by atoms with Crippen molar-refractivity contribution in [1.82, 2.24) is 19.7 Å². The van der Waals surface area contributed by atoms with Crippen molar-refractivity contribution >= 4 is 22.6 Å². The molecule has 0 unspecified atom stereocenters. The van der Waals surface area contributed by atoms with Crippen molar-refractivity contribution in [3.8, 4) is 0 Å². The molecule has 0 N–H and O–H groups in total. The van der Waals surface area contributed by atoms with E-state index >= 15 is 0 Å². The number of hydrogen-bond donors (Lipinski definition) is 0. The Morgan fingerprint density at radius 3 is 2.67 bits per heavy atom. The Bertz CT molecular complexity index is 914. The molecule has 0 saturated carbocycles. The molecule has 122 valence electrons. The predicted octanol–water partition coefficient (Wildman–Crippen LogP) is 2.31. The Morgan fingerprint density at radius 1 is 1.17 bits per heavy atom. The highest BCUT2D eigenvalue weighted by Crippen LogP contribution is 2.12. The van der Waals surface area contributed by atoms with Crippen LogP contribution >= 0.6 is 0 Å². The number of para-hydroxylation sites is 2. The number of ketones is 2. The number of carbonyl (C=O) groups excluding carboxylic acids is 2. The average molecular weight is 322 g/mol. The molecule has 0 bridgehead atoms. The Balaban J connectivity index is 1.69. The lowest BCUT2D eigenvalue weighted by Crippen LogP contribution is -2.05. The fourth-order valence-corrected chi connectivity index (χ4v) is 2.58. The molecule has 0 amide bonds. The van der Waals surface area contributed by atoms with Crippen molar-refractivity contribution in [2.45, 2.75) is 26.2 Å². The number of Topliss-reactive ketones (excluding diaryl/α,β-unsaturated/α-hetero) is 2. The monoisotopic (exact) mass is 322 g/mol. The summed E-state index contributed by atoms with van der Waals surface area (Å²) in [5.41, 5.74) is 3.51. The van der Waals surface area contributed by atoms with Gasteiger partial charge in [0.1, 0.15) is 11.5 Å². The molecule has 0 aliphatic carbocycles. The molecular formula is C18H18N4O2. The summed E-state index contributed by atoms with van der Waals surface area (Å²) in [5.74, 6) is 0.0269. The van der Waals surface area contributed by atoms with Crippen LogP contribution in [-0.4, -0.2) is 31.3 Å². The lowest BCUT2D eigenvalue weighted by molar-refractivity contribution is -0.116. The first kappa shape index (κ1) is 16.0. The van der Waals surface area contributed by atoms with Gasteiger partial charge in [-0.25, -0.2) is 4.98 Å². The lowest BCUT2D eigenvalue weighted by Gasteiger charge is -2.01. The SMILES string of the molecule is CC(=O)Cc1cc(CCC(=O)c2cnc3ccccc3n2)nn1C. The number of rotatable bonds is 6. The van der Waals surface area contributed by atoms with E-state index in [1.807, 2.05) is 30.3 Å². The molecule has 0 saturated heterocycles. The summed E-state index contributed by atoms with van der Waals surface area (Å²) in [6, 6.07) is 9.33. The van der Waals surface area contributed by atoms with E-state index in [0.29, 0.717) is 30.5 Å². The summed E-state index contributed by atoms with van der Waals surface area (Å²) in [7, 11) is 1.80. The van der Waals surface area contributed by atoms with E-state index in [1.165, 1.54) is 6.20 Å². The van der Waals surface area contributed by atoms with Gasteiger partial charge >= 0.3 is 0 Å². The van der Waals surface area contributed by atoms with Crippen LogP contribution in [-0.2, 0) is 24.7 Å². The maximum atomic E-state index is 12.3. The van der Waals surface area contributed by atoms with Crippen molar-refractivity contribution in [2.24, 2.45) is 7.05 Å². The normalized spacial score (nSPS) is 10.9. The average Bonchev–Trinajstić information content (AvgIpc) is 2.91. The number of aromatic nitrogens is 4. The zero-order valence-electron chi connectivity index (χ0n) is 13.7. The van der Waals surface area contributed by atoms with E-state index in [2.05, 4.69) is 15.1 Å². The smallest absolute Gasteiger partial charge is 0.183 e. The second kappa shape index (κ2) is 6.70. The molecule has 0 radical (unpaired) electrons. The molecule has 2 aromatic heterocycles. The van der Waals surface area contributed by atoms with Crippen molar-refractivity contribution < 1.29 is 9.59 Å². The van der Waals surface area contributed by atoms with E-state index in [9.17, 15) is 9.59 Å². The number of carbonyl (C=O) groups is 2. The van der Waals surface area contributed by atoms with Crippen molar-refractivity contribution in [3.63, 3.8) is 0 Å². The van der Waals surface area contributed by atoms with Crippen LogP contribution in [0, 0.1) is 0 Å². The highest BCUT2D eigenvalue weighted by molar-refractivity contribution is 5.95. The molecular weight excluding hydrogens is 304 g/mol. The molecule has 3 aromatic rings. The Labute approximate surface area is 139 Å². The predicted molar refractivity (Wildman–Crippen MR) is 89.8 cm³/mol. The number of nitrogens with zero attached hydrogens (tertiary/aromatic N) is 4. The maximum Gasteiger partial charge on any atom is 0.183 e. The molecule has 3 rings (SSSR count). The van der Waals surface area contributed by atoms with Gasteiger partial charge in [0.15, 0.2) is 5.78 Å². The Hall–Kier alpha value is -2.89. The molecule has 24 heavy (non-hydrogen) atoms. The van der Waals surface area contributed by atoms with E-state index in [0.717, 1.165) is 16.9 Å². The largest absolute Gasteiger partial charge is 0.300 e. The van der Waals surface area contributed by atoms with Crippen LogP contribution in [0.3, 0.4) is 0 Å². The molecule has 0 fully saturated rings. The maximum absolute atomic E-state index is 12.3. The molecule has 0 aliphatic heterocycles. The third-order valence-electron chi connectivity index (χ3n) is 3.80. The zero-order valence-corrected chi connectivity index (χ0v) is 13.7. The second-order valence-corrected chi connectivity index (χ2v) is 5.80. The zero-order chi connectivity index (χ0) is 17.1. The summed E-state index contributed by atoms with van der Waals surface area (Å²) in [6.07, 6.45) is 2.69. The standard InChI is InChI=1S/C18H18N4O2/c1-12(23)9-14-10-13(21-22(14)2)7-8-18(24)17-11-19-15-5-3-4-6-16(15)20-17/h3-6,10-11H,7-9H2,1-2H3. The minimum atomic E-state index is -0.0629. The van der Waals surface area contributed by atoms with Crippen LogP contribution in [0.1, 0.15) is 35.2 Å². The second-order valence-electron chi connectivity index (χ2n) is 5.80. The van der Waals surface area contributed by atoms with Gasteiger partial charge in [0.2, 0.25) is 0 Å². The highest BCUT2D eigenvalue weighted by Gasteiger charge is 2.12. The molecule has 2 heterocycles. The lowest BCUT2D eigenvalue weighted by atomic mass is 10.1. The van der Waals surface area contributed by atoms with Gasteiger partial charge in [-0.15, -0.1) is 0 Å². The van der Waals surface area contributed by atoms with Gasteiger partial charge < -0.3 is 0 Å². The molecule has 0 aliphatic rings. The Kier molecular flexibility index (Phi) is 4.46. The quantitative estimate of drug-likeness (QED) is 0.651. The van der Waals surface area contributed by atoms with Crippen LogP contribution in [0.5, 0.6) is 0 Å². The minimum absolute atomic E-state index is 0.0629. The fourth-order valence-electron chi connectivity index (χ4n) is 2.58. The molecule has 6 nitrogen and oxygen atoms in total. The first-order valence-corrected chi connectivity index (χ1v) is 7.79. The number of hydrogen-bond acceptors (Lipinski definition) is 5. The first-order chi connectivity index (χ1) is 11.5. The van der Waals surface area contributed by atoms with Gasteiger partial charge in [0.05, 0.1) is 22.9 Å². The first-order valence-electron chi connectivity index (χ1n) is 7.79. The summed E-state index contributed by atoms with van der Waals surface area (Å²) >= 11 is 0. The van der Waals surface area contributed by atoms with Gasteiger partial charge in [-0.3, -0.25) is 19.3 Å². The van der Waals surface area contributed by atoms with Gasteiger partial charge in [0.25, 0.3) is 0 Å². The number of benzene rings is 1. The summed E-state index contributed by atoms with van der Waals surface area (Å²) in [5, 5.41) is 4.36. The van der Waals surface area contributed by atoms with Crippen molar-refractivity contribution in [3.05, 3.63) is 53.6 Å². The third-order valence-corrected chi connectivity index (χ3v) is 3.80. The van der Waals surface area contributed by atoms with Gasteiger partial charge in [-0.1, -0.05) is 12.1 Å². The van der Waals surface area contributed by atoms with Gasteiger partial charge in [0, 0.05) is 25.6 Å². The van der Waals surface area contributed by atoms with Crippen LogP contribution in [0.25, 0.3) is 11.0 Å². The highest BCUT2D eigenvalue weighted by atomic mass is 16.1. The van der Waals surface area contributed by atoms with Crippen LogP contribution < -0.4 is 0 Å². The van der Waals surface area contributed by atoms with Gasteiger partial charge in [-0.05, 0) is 31.5 Å².